The average molecular weight is 280 g/mol. The average Bonchev–Trinajstić information content (AvgIpc) is 2.51. The molecule has 0 saturated carbocycles. The van der Waals surface area contributed by atoms with Gasteiger partial charge in [-0.05, 0) is 39.7 Å². The second-order valence-corrected chi connectivity index (χ2v) is 6.16. The van der Waals surface area contributed by atoms with Gasteiger partial charge in [-0.1, -0.05) is 23.7 Å². The second-order valence-electron chi connectivity index (χ2n) is 5.80. The Morgan fingerprint density at radius 3 is 2.42 bits per heavy atom. The minimum atomic E-state index is -0.404. The van der Waals surface area contributed by atoms with Crippen LogP contribution in [0.15, 0.2) is 24.9 Å². The minimum absolute atomic E-state index is 0.351. The van der Waals surface area contributed by atoms with E-state index < -0.39 is 7.12 Å². The van der Waals surface area contributed by atoms with E-state index in [1.807, 2.05) is 33.8 Å². The fraction of sp³-hybridized carbons (Fsp3) is 0.500. The van der Waals surface area contributed by atoms with E-state index in [1.165, 1.54) is 0 Å². The third-order valence-electron chi connectivity index (χ3n) is 3.82. The Hall–Kier alpha value is -0.835. The smallest absolute Gasteiger partial charge is 0.399 e. The first-order chi connectivity index (χ1) is 8.77. The quantitative estimate of drug-likeness (QED) is 0.484. The molecule has 0 atom stereocenters. The molecule has 0 amide bonds. The fourth-order valence-corrected chi connectivity index (χ4v) is 2.10. The summed E-state index contributed by atoms with van der Waals surface area (Å²) >= 11 is 6.05. The Labute approximate surface area is 120 Å². The zero-order valence-corrected chi connectivity index (χ0v) is 12.6. The molecule has 1 aliphatic rings. The molecular weight excluding hydrogens is 260 g/mol. The van der Waals surface area contributed by atoms with E-state index in [0.717, 1.165) is 11.0 Å². The number of hydrogen-bond acceptors (Lipinski definition) is 3. The van der Waals surface area contributed by atoms with Gasteiger partial charge in [0, 0.05) is 11.7 Å². The molecule has 1 aromatic heterocycles. The summed E-state index contributed by atoms with van der Waals surface area (Å²) in [4.78, 5) is 4.20. The van der Waals surface area contributed by atoms with Crippen LogP contribution < -0.4 is 5.46 Å². The molecule has 0 N–H and O–H groups in total. The van der Waals surface area contributed by atoms with Gasteiger partial charge in [0.1, 0.15) is 5.15 Å². The highest BCUT2D eigenvalue weighted by atomic mass is 35.5. The Balaban J connectivity index is 2.29. The van der Waals surface area contributed by atoms with Gasteiger partial charge in [0.15, 0.2) is 0 Å². The van der Waals surface area contributed by atoms with Gasteiger partial charge >= 0.3 is 7.12 Å². The van der Waals surface area contributed by atoms with Crippen LogP contribution >= 0.6 is 11.6 Å². The molecule has 0 aliphatic carbocycles. The van der Waals surface area contributed by atoms with Crippen molar-refractivity contribution >= 4 is 24.2 Å². The predicted molar refractivity (Wildman–Crippen MR) is 78.9 cm³/mol. The third kappa shape index (κ3) is 2.71. The van der Waals surface area contributed by atoms with Crippen LogP contribution in [0, 0.1) is 0 Å². The standard InChI is InChI=1S/C14H19BClNO2/c1-6-7-10-8-11(9-17-12(10)16)15-18-13(2,3)14(4,5)19-15/h6,8-9H,1,7H2,2-5H3. The monoisotopic (exact) mass is 279 g/mol. The molecule has 2 rings (SSSR count). The molecule has 1 aliphatic heterocycles. The third-order valence-corrected chi connectivity index (χ3v) is 4.16. The van der Waals surface area contributed by atoms with Gasteiger partial charge in [0.25, 0.3) is 0 Å². The number of rotatable bonds is 3. The Morgan fingerprint density at radius 1 is 1.32 bits per heavy atom. The van der Waals surface area contributed by atoms with Crippen molar-refractivity contribution in [3.63, 3.8) is 0 Å². The molecule has 0 bridgehead atoms. The van der Waals surface area contributed by atoms with E-state index in [2.05, 4.69) is 11.6 Å². The van der Waals surface area contributed by atoms with E-state index in [-0.39, 0.29) is 11.2 Å². The van der Waals surface area contributed by atoms with Gasteiger partial charge in [-0.15, -0.1) is 6.58 Å². The molecule has 19 heavy (non-hydrogen) atoms. The van der Waals surface area contributed by atoms with Gasteiger partial charge in [-0.3, -0.25) is 0 Å². The zero-order chi connectivity index (χ0) is 14.3. The van der Waals surface area contributed by atoms with Crippen LogP contribution in [0.25, 0.3) is 0 Å². The number of allylic oxidation sites excluding steroid dienone is 1. The van der Waals surface area contributed by atoms with Crippen LogP contribution in [0.4, 0.5) is 0 Å². The minimum Gasteiger partial charge on any atom is -0.399 e. The lowest BCUT2D eigenvalue weighted by molar-refractivity contribution is 0.00578. The first-order valence-corrected chi connectivity index (χ1v) is 6.75. The van der Waals surface area contributed by atoms with Gasteiger partial charge in [0.2, 0.25) is 0 Å². The lowest BCUT2D eigenvalue weighted by atomic mass is 9.79. The van der Waals surface area contributed by atoms with E-state index in [9.17, 15) is 0 Å². The summed E-state index contributed by atoms with van der Waals surface area (Å²) in [6.45, 7) is 11.8. The van der Waals surface area contributed by atoms with Crippen molar-refractivity contribution in [2.24, 2.45) is 0 Å². The van der Waals surface area contributed by atoms with Crippen molar-refractivity contribution in [2.45, 2.75) is 45.3 Å². The maximum absolute atomic E-state index is 6.05. The highest BCUT2D eigenvalue weighted by Gasteiger charge is 2.51. The van der Waals surface area contributed by atoms with Crippen molar-refractivity contribution in [3.05, 3.63) is 35.6 Å². The SMILES string of the molecule is C=CCc1cc(B2OC(C)(C)C(C)(C)O2)cnc1Cl. The van der Waals surface area contributed by atoms with E-state index in [1.54, 1.807) is 12.3 Å². The van der Waals surface area contributed by atoms with Crippen LogP contribution in [-0.4, -0.2) is 23.3 Å². The van der Waals surface area contributed by atoms with Gasteiger partial charge in [-0.2, -0.15) is 0 Å². The molecular formula is C14H19BClNO2. The summed E-state index contributed by atoms with van der Waals surface area (Å²) in [6, 6.07) is 1.97. The summed E-state index contributed by atoms with van der Waals surface area (Å²) in [5, 5.41) is 0.500. The number of halogens is 1. The number of hydrogen-bond donors (Lipinski definition) is 0. The molecule has 102 valence electrons. The van der Waals surface area contributed by atoms with Gasteiger partial charge in [-0.25, -0.2) is 4.98 Å². The molecule has 0 spiro atoms. The molecule has 5 heteroatoms. The summed E-state index contributed by atoms with van der Waals surface area (Å²) in [5.74, 6) is 0. The molecule has 2 heterocycles. The molecule has 0 aromatic carbocycles. The maximum atomic E-state index is 6.05. The topological polar surface area (TPSA) is 31.4 Å². The van der Waals surface area contributed by atoms with Crippen molar-refractivity contribution in [3.8, 4) is 0 Å². The summed E-state index contributed by atoms with van der Waals surface area (Å²) in [7, 11) is -0.404. The number of aromatic nitrogens is 1. The van der Waals surface area contributed by atoms with Crippen LogP contribution in [-0.2, 0) is 15.7 Å². The highest BCUT2D eigenvalue weighted by molar-refractivity contribution is 6.62. The normalized spacial score (nSPS) is 20.6. The zero-order valence-electron chi connectivity index (χ0n) is 11.9. The summed E-state index contributed by atoms with van der Waals surface area (Å²) in [6.07, 6.45) is 4.19. The number of pyridine rings is 1. The lowest BCUT2D eigenvalue weighted by Gasteiger charge is -2.32. The molecule has 1 saturated heterocycles. The van der Waals surface area contributed by atoms with E-state index in [4.69, 9.17) is 20.9 Å². The van der Waals surface area contributed by atoms with Crippen LogP contribution in [0.2, 0.25) is 5.15 Å². The molecule has 0 unspecified atom stereocenters. The number of nitrogens with zero attached hydrogens (tertiary/aromatic N) is 1. The first kappa shape index (κ1) is 14.6. The van der Waals surface area contributed by atoms with E-state index in [0.29, 0.717) is 11.6 Å². The van der Waals surface area contributed by atoms with Crippen LogP contribution in [0.1, 0.15) is 33.3 Å². The summed E-state index contributed by atoms with van der Waals surface area (Å²) < 4.78 is 12.0. The maximum Gasteiger partial charge on any atom is 0.496 e. The lowest BCUT2D eigenvalue weighted by Crippen LogP contribution is -2.41. The first-order valence-electron chi connectivity index (χ1n) is 6.38. The Morgan fingerprint density at radius 2 is 1.89 bits per heavy atom. The van der Waals surface area contributed by atoms with Crippen molar-refractivity contribution in [1.29, 1.82) is 0 Å². The van der Waals surface area contributed by atoms with Gasteiger partial charge in [0.05, 0.1) is 11.2 Å². The van der Waals surface area contributed by atoms with Crippen LogP contribution in [0.3, 0.4) is 0 Å². The molecule has 1 fully saturated rings. The highest BCUT2D eigenvalue weighted by Crippen LogP contribution is 2.36. The van der Waals surface area contributed by atoms with Crippen molar-refractivity contribution in [2.75, 3.05) is 0 Å². The fourth-order valence-electron chi connectivity index (χ4n) is 1.92. The van der Waals surface area contributed by atoms with Crippen molar-refractivity contribution < 1.29 is 9.31 Å². The molecule has 1 aromatic rings. The molecule has 0 radical (unpaired) electrons. The summed E-state index contributed by atoms with van der Waals surface area (Å²) in [5.41, 5.74) is 1.12. The van der Waals surface area contributed by atoms with Gasteiger partial charge < -0.3 is 9.31 Å². The van der Waals surface area contributed by atoms with E-state index >= 15 is 0 Å². The largest absolute Gasteiger partial charge is 0.496 e. The van der Waals surface area contributed by atoms with Crippen molar-refractivity contribution in [1.82, 2.24) is 4.98 Å². The predicted octanol–water partition coefficient (Wildman–Crippen LogP) is 2.76. The Kier molecular flexibility index (Phi) is 3.78. The second kappa shape index (κ2) is 4.93. The molecule has 3 nitrogen and oxygen atoms in total. The van der Waals surface area contributed by atoms with Crippen LogP contribution in [0.5, 0.6) is 0 Å². The Bertz CT molecular complexity index is 486.